The van der Waals surface area contributed by atoms with Gasteiger partial charge in [0.05, 0.1) is 25.9 Å². The number of hydrogen-bond acceptors (Lipinski definition) is 5. The van der Waals surface area contributed by atoms with Gasteiger partial charge in [0.25, 0.3) is 0 Å². The van der Waals surface area contributed by atoms with E-state index in [1.165, 1.54) is 0 Å². The van der Waals surface area contributed by atoms with E-state index in [0.717, 1.165) is 17.9 Å². The van der Waals surface area contributed by atoms with E-state index in [-0.39, 0.29) is 0 Å². The summed E-state index contributed by atoms with van der Waals surface area (Å²) in [5.41, 5.74) is 1.11. The van der Waals surface area contributed by atoms with Crippen LogP contribution in [0.5, 0.6) is 0 Å². The van der Waals surface area contributed by atoms with Crippen LogP contribution in [0.2, 0.25) is 0 Å². The summed E-state index contributed by atoms with van der Waals surface area (Å²) in [4.78, 5) is 4.24. The average molecular weight is 250 g/mol. The molecule has 0 atom stereocenters. The predicted octanol–water partition coefficient (Wildman–Crippen LogP) is -0.204. The third-order valence-electron chi connectivity index (χ3n) is 2.55. The van der Waals surface area contributed by atoms with Crippen LogP contribution in [0.1, 0.15) is 11.4 Å². The molecular formula is C11H18N6O. The summed E-state index contributed by atoms with van der Waals surface area (Å²) in [6, 6.07) is 0. The Bertz CT molecular complexity index is 477. The van der Waals surface area contributed by atoms with Gasteiger partial charge in [0, 0.05) is 32.5 Å². The monoisotopic (exact) mass is 250 g/mol. The van der Waals surface area contributed by atoms with Gasteiger partial charge < -0.3 is 10.1 Å². The number of nitrogens with one attached hydrogen (secondary N) is 1. The highest BCUT2D eigenvalue weighted by Crippen LogP contribution is 2.02. The molecule has 2 aromatic heterocycles. The molecule has 0 aliphatic carbocycles. The minimum absolute atomic E-state index is 0.684. The van der Waals surface area contributed by atoms with Crippen LogP contribution in [0.4, 0.5) is 0 Å². The first kappa shape index (κ1) is 12.7. The Kier molecular flexibility index (Phi) is 4.43. The highest BCUT2D eigenvalue weighted by molar-refractivity contribution is 5.04. The topological polar surface area (TPSA) is 69.8 Å². The lowest BCUT2D eigenvalue weighted by Gasteiger charge is -2.05. The van der Waals surface area contributed by atoms with E-state index in [2.05, 4.69) is 20.5 Å². The van der Waals surface area contributed by atoms with Crippen molar-refractivity contribution < 1.29 is 4.74 Å². The van der Waals surface area contributed by atoms with Crippen molar-refractivity contribution in [2.45, 2.75) is 13.1 Å². The van der Waals surface area contributed by atoms with Crippen LogP contribution in [-0.2, 0) is 24.9 Å². The van der Waals surface area contributed by atoms with Crippen molar-refractivity contribution in [3.8, 4) is 0 Å². The highest BCUT2D eigenvalue weighted by Gasteiger charge is 2.05. The molecule has 7 heteroatoms. The van der Waals surface area contributed by atoms with Crippen molar-refractivity contribution in [1.82, 2.24) is 29.9 Å². The Hall–Kier alpha value is -1.73. The van der Waals surface area contributed by atoms with Crippen LogP contribution in [-0.4, -0.2) is 44.8 Å². The Balaban J connectivity index is 1.91. The lowest BCUT2D eigenvalue weighted by Crippen LogP contribution is -2.21. The van der Waals surface area contributed by atoms with Gasteiger partial charge in [-0.1, -0.05) is 0 Å². The second-order valence-electron chi connectivity index (χ2n) is 4.03. The number of ether oxygens (including phenoxy) is 1. The van der Waals surface area contributed by atoms with Gasteiger partial charge in [-0.2, -0.15) is 10.2 Å². The number of nitrogens with zero attached hydrogens (tertiary/aromatic N) is 5. The van der Waals surface area contributed by atoms with Crippen molar-refractivity contribution in [3.63, 3.8) is 0 Å². The fourth-order valence-electron chi connectivity index (χ4n) is 1.66. The molecule has 0 saturated carbocycles. The summed E-state index contributed by atoms with van der Waals surface area (Å²) < 4.78 is 8.63. The van der Waals surface area contributed by atoms with Crippen LogP contribution in [0, 0.1) is 0 Å². The molecule has 0 spiro atoms. The van der Waals surface area contributed by atoms with Gasteiger partial charge in [0.1, 0.15) is 12.2 Å². The molecule has 2 rings (SSSR count). The van der Waals surface area contributed by atoms with Crippen LogP contribution >= 0.6 is 0 Å². The molecule has 0 amide bonds. The molecule has 0 aliphatic rings. The van der Waals surface area contributed by atoms with E-state index in [0.29, 0.717) is 19.7 Å². The van der Waals surface area contributed by atoms with Gasteiger partial charge in [-0.3, -0.25) is 4.68 Å². The molecule has 7 nitrogen and oxygen atoms in total. The lowest BCUT2D eigenvalue weighted by atomic mass is 10.3. The van der Waals surface area contributed by atoms with Crippen molar-refractivity contribution in [2.75, 3.05) is 20.3 Å². The van der Waals surface area contributed by atoms with Gasteiger partial charge in [-0.25, -0.2) is 9.67 Å². The number of aryl methyl sites for hydroxylation is 1. The number of rotatable bonds is 7. The van der Waals surface area contributed by atoms with E-state index < -0.39 is 0 Å². The summed E-state index contributed by atoms with van der Waals surface area (Å²) in [6.07, 6.45) is 5.39. The zero-order valence-electron chi connectivity index (χ0n) is 10.7. The molecule has 2 heterocycles. The quantitative estimate of drug-likeness (QED) is 0.689. The largest absolute Gasteiger partial charge is 0.383 e. The summed E-state index contributed by atoms with van der Waals surface area (Å²) in [6.45, 7) is 2.87. The van der Waals surface area contributed by atoms with Crippen molar-refractivity contribution in [1.29, 1.82) is 0 Å². The molecule has 2 aromatic rings. The van der Waals surface area contributed by atoms with E-state index >= 15 is 0 Å². The second kappa shape index (κ2) is 6.27. The summed E-state index contributed by atoms with van der Waals surface area (Å²) in [5.74, 6) is 0.912. The maximum Gasteiger partial charge on any atom is 0.141 e. The van der Waals surface area contributed by atoms with E-state index in [9.17, 15) is 0 Å². The second-order valence-corrected chi connectivity index (χ2v) is 4.03. The first-order chi connectivity index (χ1) is 8.79. The highest BCUT2D eigenvalue weighted by atomic mass is 16.5. The molecule has 0 radical (unpaired) electrons. The van der Waals surface area contributed by atoms with Gasteiger partial charge in [-0.15, -0.1) is 0 Å². The zero-order chi connectivity index (χ0) is 12.8. The average Bonchev–Trinajstić information content (AvgIpc) is 2.95. The zero-order valence-corrected chi connectivity index (χ0v) is 10.7. The van der Waals surface area contributed by atoms with Gasteiger partial charge in [-0.05, 0) is 0 Å². The van der Waals surface area contributed by atoms with E-state index in [1.54, 1.807) is 18.1 Å². The molecule has 0 fully saturated rings. The summed E-state index contributed by atoms with van der Waals surface area (Å²) >= 11 is 0. The van der Waals surface area contributed by atoms with Crippen molar-refractivity contribution in [3.05, 3.63) is 30.1 Å². The molecular weight excluding hydrogens is 232 g/mol. The summed E-state index contributed by atoms with van der Waals surface area (Å²) in [7, 11) is 3.59. The Morgan fingerprint density at radius 3 is 3.00 bits per heavy atom. The van der Waals surface area contributed by atoms with Crippen molar-refractivity contribution in [2.24, 2.45) is 7.05 Å². The first-order valence-electron chi connectivity index (χ1n) is 5.83. The van der Waals surface area contributed by atoms with Crippen LogP contribution in [0.3, 0.4) is 0 Å². The maximum atomic E-state index is 4.97. The van der Waals surface area contributed by atoms with Crippen LogP contribution in [0.15, 0.2) is 18.7 Å². The number of aromatic nitrogens is 5. The minimum Gasteiger partial charge on any atom is -0.383 e. The molecule has 0 aromatic carbocycles. The molecule has 0 saturated heterocycles. The molecule has 0 bridgehead atoms. The fourth-order valence-corrected chi connectivity index (χ4v) is 1.66. The minimum atomic E-state index is 0.684. The Morgan fingerprint density at radius 1 is 1.39 bits per heavy atom. The summed E-state index contributed by atoms with van der Waals surface area (Å²) in [5, 5.41) is 11.6. The Morgan fingerprint density at radius 2 is 2.28 bits per heavy atom. The molecule has 18 heavy (non-hydrogen) atoms. The molecule has 1 N–H and O–H groups in total. The normalized spacial score (nSPS) is 11.0. The molecule has 0 unspecified atom stereocenters. The Labute approximate surface area is 106 Å². The molecule has 0 aliphatic heterocycles. The fraction of sp³-hybridized carbons (Fsp3) is 0.545. The van der Waals surface area contributed by atoms with Crippen LogP contribution in [0.25, 0.3) is 0 Å². The van der Waals surface area contributed by atoms with Gasteiger partial charge in [0.15, 0.2) is 0 Å². The van der Waals surface area contributed by atoms with Gasteiger partial charge >= 0.3 is 0 Å². The predicted molar refractivity (Wildman–Crippen MR) is 65.9 cm³/mol. The van der Waals surface area contributed by atoms with E-state index in [1.807, 2.05) is 24.1 Å². The van der Waals surface area contributed by atoms with Gasteiger partial charge in [0.2, 0.25) is 0 Å². The van der Waals surface area contributed by atoms with Crippen LogP contribution < -0.4 is 5.32 Å². The third kappa shape index (κ3) is 3.38. The van der Waals surface area contributed by atoms with Crippen molar-refractivity contribution >= 4 is 0 Å². The standard InChI is InChI=1S/C11H18N6O/c1-16-7-10(5-14-16)8-17-11(13-9-15-17)6-12-3-4-18-2/h5,7,9,12H,3-4,6,8H2,1-2H3. The molecule has 98 valence electrons. The third-order valence-corrected chi connectivity index (χ3v) is 2.55. The lowest BCUT2D eigenvalue weighted by molar-refractivity contribution is 0.198. The number of methoxy groups -OCH3 is 1. The maximum absolute atomic E-state index is 4.97. The smallest absolute Gasteiger partial charge is 0.141 e. The van der Waals surface area contributed by atoms with E-state index in [4.69, 9.17) is 4.74 Å². The SMILES string of the molecule is COCCNCc1ncnn1Cc1cnn(C)c1. The number of hydrogen-bond donors (Lipinski definition) is 1. The first-order valence-corrected chi connectivity index (χ1v) is 5.83.